The minimum absolute atomic E-state index is 0.601. The van der Waals surface area contributed by atoms with Crippen molar-refractivity contribution in [3.63, 3.8) is 0 Å². The Kier molecular flexibility index (Phi) is 4.37. The van der Waals surface area contributed by atoms with Crippen molar-refractivity contribution in [2.24, 2.45) is 0 Å². The van der Waals surface area contributed by atoms with Gasteiger partial charge in [0, 0.05) is 12.3 Å². The summed E-state index contributed by atoms with van der Waals surface area (Å²) < 4.78 is 0. The van der Waals surface area contributed by atoms with Crippen molar-refractivity contribution in [2.75, 3.05) is 0 Å². The van der Waals surface area contributed by atoms with E-state index in [4.69, 9.17) is 10.8 Å². The third-order valence-corrected chi connectivity index (χ3v) is 0.954. The SMILES string of the molecule is C=C(C=N)/C=C\C(=C)C=C=N. The predicted octanol–water partition coefficient (Wildman–Crippen LogP) is 2.11. The second kappa shape index (κ2) is 5.15. The lowest BCUT2D eigenvalue weighted by Crippen LogP contribution is -1.73. The van der Waals surface area contributed by atoms with Gasteiger partial charge in [0.05, 0.1) is 0 Å². The van der Waals surface area contributed by atoms with Crippen LogP contribution in [0.2, 0.25) is 0 Å². The summed E-state index contributed by atoms with van der Waals surface area (Å²) in [5, 5.41) is 13.4. The van der Waals surface area contributed by atoms with Crippen LogP contribution in [0.4, 0.5) is 0 Å². The minimum atomic E-state index is 0.601. The lowest BCUT2D eigenvalue weighted by atomic mass is 10.2. The first-order valence-corrected chi connectivity index (χ1v) is 3.02. The molecule has 0 rings (SSSR count). The highest BCUT2D eigenvalue weighted by atomic mass is 14.3. The molecule has 0 unspecified atom stereocenters. The zero-order chi connectivity index (χ0) is 8.69. The van der Waals surface area contributed by atoms with Gasteiger partial charge in [-0.3, -0.25) is 5.41 Å². The average molecular weight is 146 g/mol. The van der Waals surface area contributed by atoms with Gasteiger partial charge in [0.2, 0.25) is 0 Å². The summed E-state index contributed by atoms with van der Waals surface area (Å²) in [4.78, 5) is 0. The Morgan fingerprint density at radius 2 is 1.73 bits per heavy atom. The monoisotopic (exact) mass is 146 g/mol. The van der Waals surface area contributed by atoms with Gasteiger partial charge in [0.1, 0.15) is 0 Å². The molecule has 0 aliphatic rings. The Balaban J connectivity index is 4.13. The number of hydrogen-bond donors (Lipinski definition) is 2. The van der Waals surface area contributed by atoms with Crippen molar-refractivity contribution in [1.82, 2.24) is 0 Å². The van der Waals surface area contributed by atoms with Crippen LogP contribution in [-0.2, 0) is 0 Å². The fourth-order valence-corrected chi connectivity index (χ4v) is 0.403. The maximum atomic E-state index is 6.79. The van der Waals surface area contributed by atoms with Gasteiger partial charge in [-0.2, -0.15) is 0 Å². The van der Waals surface area contributed by atoms with E-state index < -0.39 is 0 Å². The van der Waals surface area contributed by atoms with Crippen LogP contribution in [0.25, 0.3) is 0 Å². The molecule has 0 spiro atoms. The molecule has 0 aliphatic carbocycles. The first kappa shape index (κ1) is 9.34. The molecule has 0 saturated heterocycles. The van der Waals surface area contributed by atoms with Crippen LogP contribution < -0.4 is 0 Å². The molecule has 0 heterocycles. The van der Waals surface area contributed by atoms with Gasteiger partial charge < -0.3 is 5.41 Å². The molecule has 0 fully saturated rings. The van der Waals surface area contributed by atoms with E-state index in [1.165, 1.54) is 6.08 Å². The topological polar surface area (TPSA) is 47.7 Å². The lowest BCUT2D eigenvalue weighted by Gasteiger charge is -1.86. The second-order valence-electron chi connectivity index (χ2n) is 1.92. The average Bonchev–Trinajstić information content (AvgIpc) is 2.01. The van der Waals surface area contributed by atoms with Crippen molar-refractivity contribution in [3.8, 4) is 0 Å². The van der Waals surface area contributed by atoms with Crippen LogP contribution in [-0.4, -0.2) is 12.1 Å². The quantitative estimate of drug-likeness (QED) is 0.451. The van der Waals surface area contributed by atoms with Crippen LogP contribution in [0.15, 0.2) is 42.5 Å². The first-order valence-electron chi connectivity index (χ1n) is 3.02. The highest BCUT2D eigenvalue weighted by molar-refractivity contribution is 5.78. The van der Waals surface area contributed by atoms with Gasteiger partial charge in [-0.15, -0.1) is 0 Å². The Labute approximate surface area is 66.3 Å². The minimum Gasteiger partial charge on any atom is -0.308 e. The highest BCUT2D eigenvalue weighted by Crippen LogP contribution is 1.95. The summed E-state index contributed by atoms with van der Waals surface area (Å²) in [6.45, 7) is 7.16. The molecule has 56 valence electrons. The molecule has 0 aromatic heterocycles. The zero-order valence-electron chi connectivity index (χ0n) is 6.22. The Morgan fingerprint density at radius 1 is 1.18 bits per heavy atom. The van der Waals surface area contributed by atoms with E-state index in [0.29, 0.717) is 11.1 Å². The standard InChI is InChI=1S/C9H10N2/c1-8(5-6-10)3-4-9(2)7-11/h3-5,7,10-11H,1-2H2/b4-3-,11-7?. The molecule has 0 aliphatic heterocycles. The van der Waals surface area contributed by atoms with Gasteiger partial charge in [-0.05, 0) is 17.0 Å². The normalized spacial score (nSPS) is 8.73. The molecule has 2 nitrogen and oxygen atoms in total. The lowest BCUT2D eigenvalue weighted by molar-refractivity contribution is 1.55. The van der Waals surface area contributed by atoms with E-state index in [1.54, 1.807) is 12.2 Å². The molecule has 2 N–H and O–H groups in total. The van der Waals surface area contributed by atoms with Gasteiger partial charge in [0.15, 0.2) is 0 Å². The largest absolute Gasteiger partial charge is 0.308 e. The van der Waals surface area contributed by atoms with Crippen molar-refractivity contribution < 1.29 is 0 Å². The third kappa shape index (κ3) is 4.82. The molecule has 0 aromatic rings. The molecular weight excluding hydrogens is 136 g/mol. The van der Waals surface area contributed by atoms with Gasteiger partial charge in [0.25, 0.3) is 0 Å². The van der Waals surface area contributed by atoms with Crippen molar-refractivity contribution in [3.05, 3.63) is 42.5 Å². The van der Waals surface area contributed by atoms with Crippen LogP contribution in [0.1, 0.15) is 0 Å². The fraction of sp³-hybridized carbons (Fsp3) is 0. The number of rotatable bonds is 4. The summed E-state index contributed by atoms with van der Waals surface area (Å²) in [6.07, 6.45) is 5.92. The predicted molar refractivity (Wildman–Crippen MR) is 48.5 cm³/mol. The molecule has 11 heavy (non-hydrogen) atoms. The van der Waals surface area contributed by atoms with E-state index in [2.05, 4.69) is 19.0 Å². The summed E-state index contributed by atoms with van der Waals surface area (Å²) in [5.41, 5.74) is 1.27. The molecule has 0 bridgehead atoms. The van der Waals surface area contributed by atoms with E-state index in [1.807, 2.05) is 0 Å². The molecule has 0 aromatic carbocycles. The fourth-order valence-electron chi connectivity index (χ4n) is 0.403. The smallest absolute Gasteiger partial charge is 0.0244 e. The summed E-state index contributed by atoms with van der Waals surface area (Å²) in [5.74, 6) is 2.10. The molecule has 2 heteroatoms. The Bertz CT molecular complexity index is 253. The van der Waals surface area contributed by atoms with Crippen molar-refractivity contribution in [2.45, 2.75) is 0 Å². The number of nitrogens with one attached hydrogen (secondary N) is 2. The van der Waals surface area contributed by atoms with Gasteiger partial charge in [-0.1, -0.05) is 25.3 Å². The molecule has 0 radical (unpaired) electrons. The van der Waals surface area contributed by atoms with Crippen LogP contribution in [0, 0.1) is 10.8 Å². The molecule has 0 atom stereocenters. The Hall–Kier alpha value is -1.66. The van der Waals surface area contributed by atoms with E-state index >= 15 is 0 Å². The molecule has 0 saturated carbocycles. The second-order valence-corrected chi connectivity index (χ2v) is 1.92. The zero-order valence-corrected chi connectivity index (χ0v) is 6.22. The first-order chi connectivity index (χ1) is 5.20. The van der Waals surface area contributed by atoms with E-state index in [9.17, 15) is 0 Å². The summed E-state index contributed by atoms with van der Waals surface area (Å²) in [6, 6.07) is 0. The summed E-state index contributed by atoms with van der Waals surface area (Å²) >= 11 is 0. The molecule has 0 amide bonds. The van der Waals surface area contributed by atoms with E-state index in [0.717, 1.165) is 6.21 Å². The Morgan fingerprint density at radius 3 is 2.18 bits per heavy atom. The van der Waals surface area contributed by atoms with E-state index in [-0.39, 0.29) is 0 Å². The van der Waals surface area contributed by atoms with Gasteiger partial charge in [-0.25, -0.2) is 0 Å². The number of hydrogen-bond acceptors (Lipinski definition) is 2. The van der Waals surface area contributed by atoms with Crippen molar-refractivity contribution in [1.29, 1.82) is 10.8 Å². The molecular formula is C9H10N2. The third-order valence-electron chi connectivity index (χ3n) is 0.954. The maximum Gasteiger partial charge on any atom is 0.0244 e. The number of allylic oxidation sites excluding steroid dienone is 5. The highest BCUT2D eigenvalue weighted by Gasteiger charge is 1.80. The van der Waals surface area contributed by atoms with Crippen LogP contribution in [0.5, 0.6) is 0 Å². The summed E-state index contributed by atoms with van der Waals surface area (Å²) in [7, 11) is 0. The van der Waals surface area contributed by atoms with Crippen LogP contribution in [0.3, 0.4) is 0 Å². The van der Waals surface area contributed by atoms with Gasteiger partial charge >= 0.3 is 0 Å². The van der Waals surface area contributed by atoms with Crippen LogP contribution >= 0.6 is 0 Å². The van der Waals surface area contributed by atoms with Crippen molar-refractivity contribution >= 4 is 12.1 Å². The maximum absolute atomic E-state index is 6.79.